The van der Waals surface area contributed by atoms with Crippen LogP contribution in [0.1, 0.15) is 6.92 Å². The number of esters is 1. The van der Waals surface area contributed by atoms with Crippen molar-refractivity contribution >= 4 is 27.6 Å². The van der Waals surface area contributed by atoms with E-state index in [9.17, 15) is 13.2 Å². The van der Waals surface area contributed by atoms with E-state index in [1.165, 1.54) is 18.7 Å². The first-order valence-corrected chi connectivity index (χ1v) is 6.96. The molecular formula is C7H12O4S2. The Morgan fingerprint density at radius 3 is 2.54 bits per heavy atom. The first kappa shape index (κ1) is 10.8. The average molecular weight is 224 g/mol. The fraction of sp³-hybridized carbons (Fsp3) is 0.857. The van der Waals surface area contributed by atoms with Gasteiger partial charge < -0.3 is 4.74 Å². The van der Waals surface area contributed by atoms with E-state index in [1.54, 1.807) is 0 Å². The van der Waals surface area contributed by atoms with Gasteiger partial charge in [0.1, 0.15) is 6.10 Å². The van der Waals surface area contributed by atoms with Crippen LogP contribution in [0.3, 0.4) is 0 Å². The summed E-state index contributed by atoms with van der Waals surface area (Å²) in [5.41, 5.74) is 0. The number of sulfone groups is 1. The van der Waals surface area contributed by atoms with Gasteiger partial charge in [-0.15, -0.1) is 0 Å². The Bertz CT molecular complexity index is 296. The molecule has 1 heterocycles. The Kier molecular flexibility index (Phi) is 3.23. The highest BCUT2D eigenvalue weighted by Gasteiger charge is 2.39. The maximum absolute atomic E-state index is 11.2. The largest absolute Gasteiger partial charge is 0.460 e. The summed E-state index contributed by atoms with van der Waals surface area (Å²) < 4.78 is 27.3. The Labute approximate surface area is 81.9 Å². The van der Waals surface area contributed by atoms with Crippen LogP contribution in [0.15, 0.2) is 0 Å². The lowest BCUT2D eigenvalue weighted by Crippen LogP contribution is -2.26. The topological polar surface area (TPSA) is 60.4 Å². The third-order valence-corrected chi connectivity index (χ3v) is 4.86. The average Bonchev–Trinajstić information content (AvgIpc) is 2.24. The van der Waals surface area contributed by atoms with Crippen LogP contribution >= 0.6 is 11.8 Å². The van der Waals surface area contributed by atoms with Crippen LogP contribution in [-0.2, 0) is 19.4 Å². The van der Waals surface area contributed by atoms with E-state index in [1.807, 2.05) is 6.26 Å². The molecule has 0 amide bonds. The number of ether oxygens (including phenoxy) is 1. The number of thioether (sulfide) groups is 1. The summed E-state index contributed by atoms with van der Waals surface area (Å²) >= 11 is 1.43. The molecule has 0 bridgehead atoms. The molecular weight excluding hydrogens is 212 g/mol. The van der Waals surface area contributed by atoms with Gasteiger partial charge in [0.25, 0.3) is 0 Å². The zero-order valence-electron chi connectivity index (χ0n) is 7.52. The monoisotopic (exact) mass is 224 g/mol. The standard InChI is InChI=1S/C7H12O4S2/c1-5(8)11-6-3-13(9,10)4-7(6)12-2/h6-7H,3-4H2,1-2H3. The number of rotatable bonds is 2. The summed E-state index contributed by atoms with van der Waals surface area (Å²) in [5, 5.41) is -0.103. The SMILES string of the molecule is CSC1CS(=O)(=O)CC1OC(C)=O. The first-order valence-electron chi connectivity index (χ1n) is 3.85. The van der Waals surface area contributed by atoms with Crippen molar-refractivity contribution in [3.05, 3.63) is 0 Å². The number of hydrogen-bond donors (Lipinski definition) is 0. The fourth-order valence-corrected chi connectivity index (χ4v) is 4.72. The smallest absolute Gasteiger partial charge is 0.302 e. The molecule has 2 unspecified atom stereocenters. The molecule has 0 saturated carbocycles. The summed E-state index contributed by atoms with van der Waals surface area (Å²) in [6, 6.07) is 0. The summed E-state index contributed by atoms with van der Waals surface area (Å²) in [5.74, 6) is -0.328. The van der Waals surface area contributed by atoms with Gasteiger partial charge in [-0.2, -0.15) is 11.8 Å². The minimum Gasteiger partial charge on any atom is -0.460 e. The molecule has 1 aliphatic rings. The minimum absolute atomic E-state index is 0.0297. The molecule has 2 atom stereocenters. The Hall–Kier alpha value is -0.230. The number of carbonyl (C=O) groups excluding carboxylic acids is 1. The van der Waals surface area contributed by atoms with Crippen LogP contribution in [-0.4, -0.2) is 43.5 Å². The molecule has 6 heteroatoms. The molecule has 0 aromatic heterocycles. The van der Waals surface area contributed by atoms with Crippen molar-refractivity contribution in [2.75, 3.05) is 17.8 Å². The van der Waals surface area contributed by atoms with Crippen molar-refractivity contribution in [1.82, 2.24) is 0 Å². The van der Waals surface area contributed by atoms with E-state index in [0.717, 1.165) is 0 Å². The zero-order chi connectivity index (χ0) is 10.1. The number of hydrogen-bond acceptors (Lipinski definition) is 5. The van der Waals surface area contributed by atoms with Gasteiger partial charge in [-0.3, -0.25) is 4.79 Å². The number of carbonyl (C=O) groups is 1. The van der Waals surface area contributed by atoms with Gasteiger partial charge in [-0.05, 0) is 6.26 Å². The van der Waals surface area contributed by atoms with Crippen molar-refractivity contribution in [3.8, 4) is 0 Å². The normalized spacial score (nSPS) is 31.5. The highest BCUT2D eigenvalue weighted by Crippen LogP contribution is 2.25. The molecule has 1 rings (SSSR count). The quantitative estimate of drug-likeness (QED) is 0.622. The van der Waals surface area contributed by atoms with E-state index >= 15 is 0 Å². The first-order chi connectivity index (χ1) is 5.94. The molecule has 0 spiro atoms. The van der Waals surface area contributed by atoms with E-state index in [4.69, 9.17) is 4.74 Å². The van der Waals surface area contributed by atoms with Crippen molar-refractivity contribution in [3.63, 3.8) is 0 Å². The van der Waals surface area contributed by atoms with Gasteiger partial charge in [-0.25, -0.2) is 8.42 Å². The fourth-order valence-electron chi connectivity index (χ4n) is 1.33. The van der Waals surface area contributed by atoms with Gasteiger partial charge in [-0.1, -0.05) is 0 Å². The molecule has 13 heavy (non-hydrogen) atoms. The van der Waals surface area contributed by atoms with E-state index in [2.05, 4.69) is 0 Å². The molecule has 4 nitrogen and oxygen atoms in total. The predicted octanol–water partition coefficient (Wildman–Crippen LogP) is 0.0781. The van der Waals surface area contributed by atoms with E-state index in [-0.39, 0.29) is 16.8 Å². The van der Waals surface area contributed by atoms with Crippen LogP contribution in [0.2, 0.25) is 0 Å². The molecule has 0 aromatic carbocycles. The third-order valence-electron chi connectivity index (χ3n) is 1.87. The van der Waals surface area contributed by atoms with Gasteiger partial charge in [0.05, 0.1) is 16.8 Å². The van der Waals surface area contributed by atoms with Crippen molar-refractivity contribution in [2.45, 2.75) is 18.3 Å². The van der Waals surface area contributed by atoms with Crippen molar-refractivity contribution in [1.29, 1.82) is 0 Å². The van der Waals surface area contributed by atoms with Gasteiger partial charge >= 0.3 is 5.97 Å². The lowest BCUT2D eigenvalue weighted by molar-refractivity contribution is -0.144. The van der Waals surface area contributed by atoms with E-state index < -0.39 is 21.9 Å². The molecule has 0 aliphatic carbocycles. The lowest BCUT2D eigenvalue weighted by Gasteiger charge is -2.14. The predicted molar refractivity (Wildman–Crippen MR) is 51.5 cm³/mol. The van der Waals surface area contributed by atoms with Crippen molar-refractivity contribution < 1.29 is 17.9 Å². The summed E-state index contributed by atoms with van der Waals surface area (Å²) in [7, 11) is -3.00. The van der Waals surface area contributed by atoms with Crippen LogP contribution in [0, 0.1) is 0 Å². The Morgan fingerprint density at radius 2 is 2.08 bits per heavy atom. The Morgan fingerprint density at radius 1 is 1.46 bits per heavy atom. The summed E-state index contributed by atoms with van der Waals surface area (Å²) in [6.07, 6.45) is 1.36. The second-order valence-electron chi connectivity index (χ2n) is 3.00. The van der Waals surface area contributed by atoms with Gasteiger partial charge in [0.2, 0.25) is 0 Å². The maximum Gasteiger partial charge on any atom is 0.302 e. The third kappa shape index (κ3) is 2.87. The molecule has 1 fully saturated rings. The molecule has 1 saturated heterocycles. The zero-order valence-corrected chi connectivity index (χ0v) is 9.15. The van der Waals surface area contributed by atoms with Crippen LogP contribution in [0.4, 0.5) is 0 Å². The molecule has 76 valence electrons. The minimum atomic E-state index is -3.00. The summed E-state index contributed by atoms with van der Waals surface area (Å²) in [4.78, 5) is 10.6. The molecule has 0 aromatic rings. The second-order valence-corrected chi connectivity index (χ2v) is 6.23. The van der Waals surface area contributed by atoms with Crippen molar-refractivity contribution in [2.24, 2.45) is 0 Å². The lowest BCUT2D eigenvalue weighted by atomic mass is 10.3. The summed E-state index contributed by atoms with van der Waals surface area (Å²) in [6.45, 7) is 1.29. The molecule has 0 radical (unpaired) electrons. The van der Waals surface area contributed by atoms with Gasteiger partial charge in [0.15, 0.2) is 9.84 Å². The van der Waals surface area contributed by atoms with E-state index in [0.29, 0.717) is 0 Å². The highest BCUT2D eigenvalue weighted by atomic mass is 32.2. The van der Waals surface area contributed by atoms with Crippen LogP contribution < -0.4 is 0 Å². The van der Waals surface area contributed by atoms with Gasteiger partial charge in [0, 0.05) is 6.92 Å². The Balaban J connectivity index is 2.69. The second kappa shape index (κ2) is 3.88. The van der Waals surface area contributed by atoms with Crippen LogP contribution in [0.5, 0.6) is 0 Å². The molecule has 0 N–H and O–H groups in total. The highest BCUT2D eigenvalue weighted by molar-refractivity contribution is 8.01. The van der Waals surface area contributed by atoms with Crippen LogP contribution in [0.25, 0.3) is 0 Å². The molecule has 1 aliphatic heterocycles. The maximum atomic E-state index is 11.2.